The number of nitrogens with one attached hydrogen (secondary N) is 1. The van der Waals surface area contributed by atoms with Gasteiger partial charge in [0, 0.05) is 25.3 Å². The molecule has 1 aliphatic rings. The van der Waals surface area contributed by atoms with Gasteiger partial charge >= 0.3 is 0 Å². The second-order valence-corrected chi connectivity index (χ2v) is 7.60. The zero-order valence-electron chi connectivity index (χ0n) is 15.7. The molecule has 1 saturated heterocycles. The Balaban J connectivity index is 1.49. The van der Waals surface area contributed by atoms with Crippen LogP contribution in [0.15, 0.2) is 52.2 Å². The normalized spacial score (nSPS) is 16.2. The van der Waals surface area contributed by atoms with E-state index in [2.05, 4.69) is 15.5 Å². The number of ether oxygens (including phenoxy) is 1. The molecule has 1 atom stereocenters. The third kappa shape index (κ3) is 4.68. The van der Waals surface area contributed by atoms with Gasteiger partial charge in [-0.3, -0.25) is 9.36 Å². The quantitative estimate of drug-likeness (QED) is 0.568. The number of carbonyl (C=O) groups excluding carboxylic acids is 1. The lowest BCUT2D eigenvalue weighted by Crippen LogP contribution is -2.26. The van der Waals surface area contributed by atoms with Crippen molar-refractivity contribution in [3.63, 3.8) is 0 Å². The molecule has 1 unspecified atom stereocenters. The Bertz CT molecular complexity index is 955. The predicted octanol–water partition coefficient (Wildman–Crippen LogP) is 3.24. The number of hydrogen-bond acceptors (Lipinski definition) is 6. The van der Waals surface area contributed by atoms with E-state index in [0.717, 1.165) is 25.2 Å². The summed E-state index contributed by atoms with van der Waals surface area (Å²) >= 11 is 1.50. The number of thioether (sulfide) groups is 1. The van der Waals surface area contributed by atoms with Gasteiger partial charge in [0.2, 0.25) is 0 Å². The summed E-state index contributed by atoms with van der Waals surface area (Å²) in [5.41, 5.74) is 0.389. The maximum Gasteiger partial charge on any atom is 0.286 e. The smallest absolute Gasteiger partial charge is 0.286 e. The largest absolute Gasteiger partial charge is 0.459 e. The average molecular weight is 416 g/mol. The molecule has 7 nitrogen and oxygen atoms in total. The van der Waals surface area contributed by atoms with Crippen molar-refractivity contribution in [1.29, 1.82) is 0 Å². The Hall–Kier alpha value is -2.65. The van der Waals surface area contributed by atoms with E-state index in [0.29, 0.717) is 29.6 Å². The summed E-state index contributed by atoms with van der Waals surface area (Å²) in [6, 6.07) is 9.77. The average Bonchev–Trinajstić information content (AvgIpc) is 3.49. The molecule has 3 heterocycles. The lowest BCUT2D eigenvalue weighted by molar-refractivity contribution is 0.0926. The molecule has 29 heavy (non-hydrogen) atoms. The van der Waals surface area contributed by atoms with Crippen LogP contribution in [0.25, 0.3) is 5.69 Å². The summed E-state index contributed by atoms with van der Waals surface area (Å²) in [4.78, 5) is 12.0. The highest BCUT2D eigenvalue weighted by Gasteiger charge is 2.21. The minimum absolute atomic E-state index is 0.182. The van der Waals surface area contributed by atoms with E-state index < -0.39 is 0 Å². The van der Waals surface area contributed by atoms with E-state index >= 15 is 0 Å². The van der Waals surface area contributed by atoms with Crippen LogP contribution in [0.1, 0.15) is 29.2 Å². The van der Waals surface area contributed by atoms with Gasteiger partial charge in [-0.05, 0) is 37.1 Å². The molecule has 0 spiro atoms. The van der Waals surface area contributed by atoms with E-state index in [9.17, 15) is 9.18 Å². The monoisotopic (exact) mass is 416 g/mol. The fraction of sp³-hybridized carbons (Fsp3) is 0.350. The van der Waals surface area contributed by atoms with Crippen LogP contribution >= 0.6 is 11.8 Å². The second-order valence-electron chi connectivity index (χ2n) is 6.61. The first-order valence-electron chi connectivity index (χ1n) is 9.47. The van der Waals surface area contributed by atoms with Crippen molar-refractivity contribution in [2.45, 2.75) is 30.5 Å². The highest BCUT2D eigenvalue weighted by molar-refractivity contribution is 7.99. The van der Waals surface area contributed by atoms with E-state index in [4.69, 9.17) is 9.15 Å². The summed E-state index contributed by atoms with van der Waals surface area (Å²) in [5.74, 6) is 0.895. The van der Waals surface area contributed by atoms with Gasteiger partial charge in [0.1, 0.15) is 11.6 Å². The summed E-state index contributed by atoms with van der Waals surface area (Å²) in [5, 5.41) is 11.9. The molecule has 1 amide bonds. The number of carbonyl (C=O) groups is 1. The fourth-order valence-corrected chi connectivity index (χ4v) is 4.19. The van der Waals surface area contributed by atoms with Crippen LogP contribution < -0.4 is 5.32 Å². The summed E-state index contributed by atoms with van der Waals surface area (Å²) in [6.45, 7) is 1.11. The highest BCUT2D eigenvalue weighted by Crippen LogP contribution is 2.27. The van der Waals surface area contributed by atoms with E-state index in [1.807, 2.05) is 0 Å². The van der Waals surface area contributed by atoms with Crippen LogP contribution in [-0.4, -0.2) is 45.7 Å². The maximum absolute atomic E-state index is 14.5. The van der Waals surface area contributed by atoms with Crippen molar-refractivity contribution in [2.75, 3.05) is 18.9 Å². The maximum atomic E-state index is 14.5. The zero-order chi connectivity index (χ0) is 20.1. The second kappa shape index (κ2) is 9.23. The number of amides is 1. The van der Waals surface area contributed by atoms with Crippen molar-refractivity contribution < 1.29 is 18.3 Å². The van der Waals surface area contributed by atoms with Gasteiger partial charge in [-0.1, -0.05) is 23.9 Å². The van der Waals surface area contributed by atoms with Crippen molar-refractivity contribution in [2.24, 2.45) is 0 Å². The summed E-state index contributed by atoms with van der Waals surface area (Å²) in [7, 11) is 0. The number of para-hydroxylation sites is 1. The minimum atomic E-state index is -0.355. The van der Waals surface area contributed by atoms with E-state index in [1.165, 1.54) is 24.1 Å². The third-order valence-electron chi connectivity index (χ3n) is 4.60. The number of aromatic nitrogens is 3. The molecule has 9 heteroatoms. The highest BCUT2D eigenvalue weighted by atomic mass is 32.2. The molecule has 0 saturated carbocycles. The van der Waals surface area contributed by atoms with Gasteiger partial charge in [0.05, 0.1) is 18.1 Å². The van der Waals surface area contributed by atoms with Gasteiger partial charge in [-0.25, -0.2) is 4.39 Å². The number of nitrogens with zero attached hydrogens (tertiary/aromatic N) is 3. The molecule has 0 bridgehead atoms. The molecule has 0 aliphatic carbocycles. The van der Waals surface area contributed by atoms with Crippen molar-refractivity contribution in [3.8, 4) is 5.69 Å². The summed E-state index contributed by atoms with van der Waals surface area (Å²) in [6.07, 6.45) is 4.11. The van der Waals surface area contributed by atoms with Crippen LogP contribution in [0.2, 0.25) is 0 Å². The standard InChI is InChI=1S/C20H21FN4O3S/c21-15-6-1-2-7-16(15)25-18(9-10-22-19(26)17-8-4-12-28-17)23-24-20(25)29-13-14-5-3-11-27-14/h1-2,4,6-8,12,14H,3,5,9-11,13H2,(H,22,26). The van der Waals surface area contributed by atoms with Gasteiger partial charge in [0.25, 0.3) is 5.91 Å². The Morgan fingerprint density at radius 1 is 1.28 bits per heavy atom. The van der Waals surface area contributed by atoms with E-state index in [1.54, 1.807) is 34.9 Å². The lowest BCUT2D eigenvalue weighted by atomic mass is 10.3. The Morgan fingerprint density at radius 3 is 2.93 bits per heavy atom. The minimum Gasteiger partial charge on any atom is -0.459 e. The Labute approximate surface area is 171 Å². The molecule has 1 N–H and O–H groups in total. The van der Waals surface area contributed by atoms with Crippen LogP contribution in [0, 0.1) is 5.82 Å². The molecule has 1 aliphatic heterocycles. The van der Waals surface area contributed by atoms with Crippen LogP contribution in [-0.2, 0) is 11.2 Å². The Morgan fingerprint density at radius 2 is 2.17 bits per heavy atom. The number of benzene rings is 1. The molecule has 4 rings (SSSR count). The first-order valence-corrected chi connectivity index (χ1v) is 10.5. The number of rotatable bonds is 8. The molecular formula is C20H21FN4O3S. The number of halogens is 1. The van der Waals surface area contributed by atoms with E-state index in [-0.39, 0.29) is 23.6 Å². The van der Waals surface area contributed by atoms with Crippen LogP contribution in [0.3, 0.4) is 0 Å². The van der Waals surface area contributed by atoms with Crippen molar-refractivity contribution in [3.05, 3.63) is 60.1 Å². The molecule has 0 radical (unpaired) electrons. The molecule has 1 aromatic carbocycles. The molecule has 152 valence electrons. The SMILES string of the molecule is O=C(NCCc1nnc(SCC2CCCO2)n1-c1ccccc1F)c1ccco1. The van der Waals surface area contributed by atoms with Crippen molar-refractivity contribution >= 4 is 17.7 Å². The lowest BCUT2D eigenvalue weighted by Gasteiger charge is -2.13. The van der Waals surface area contributed by atoms with Crippen LogP contribution in [0.5, 0.6) is 0 Å². The number of hydrogen-bond donors (Lipinski definition) is 1. The van der Waals surface area contributed by atoms with Gasteiger partial charge < -0.3 is 14.5 Å². The number of furan rings is 1. The molecule has 1 fully saturated rings. The zero-order valence-corrected chi connectivity index (χ0v) is 16.5. The Kier molecular flexibility index (Phi) is 6.26. The molecular weight excluding hydrogens is 395 g/mol. The molecule has 2 aromatic heterocycles. The third-order valence-corrected chi connectivity index (χ3v) is 5.66. The van der Waals surface area contributed by atoms with Gasteiger partial charge in [-0.2, -0.15) is 0 Å². The predicted molar refractivity (Wildman–Crippen MR) is 106 cm³/mol. The summed E-state index contributed by atoms with van der Waals surface area (Å²) < 4.78 is 27.0. The topological polar surface area (TPSA) is 82.2 Å². The first kappa shape index (κ1) is 19.7. The van der Waals surface area contributed by atoms with Gasteiger partial charge in [0.15, 0.2) is 10.9 Å². The van der Waals surface area contributed by atoms with Crippen LogP contribution in [0.4, 0.5) is 4.39 Å². The van der Waals surface area contributed by atoms with Gasteiger partial charge in [-0.15, -0.1) is 10.2 Å². The fourth-order valence-electron chi connectivity index (χ4n) is 3.16. The molecule has 3 aromatic rings. The van der Waals surface area contributed by atoms with Crippen molar-refractivity contribution in [1.82, 2.24) is 20.1 Å². The first-order chi connectivity index (χ1) is 14.2.